The van der Waals surface area contributed by atoms with Crippen LogP contribution < -0.4 is 10.5 Å². The molecule has 0 aromatic heterocycles. The largest absolute Gasteiger partial charge is 0.395 e. The van der Waals surface area contributed by atoms with Gasteiger partial charge in [-0.2, -0.15) is 0 Å². The van der Waals surface area contributed by atoms with Crippen LogP contribution in [-0.2, 0) is 26.2 Å². The molecule has 0 radical (unpaired) electrons. The fourth-order valence-corrected chi connectivity index (χ4v) is 2.27. The van der Waals surface area contributed by atoms with Gasteiger partial charge in [0.25, 0.3) is 0 Å². The molecule has 0 saturated carbocycles. The van der Waals surface area contributed by atoms with E-state index in [2.05, 4.69) is 5.32 Å². The molecule has 0 saturated heterocycles. The minimum atomic E-state index is -3.78. The highest BCUT2D eigenvalue weighted by atomic mass is 32.2. The predicted molar refractivity (Wildman–Crippen MR) is 80.4 cm³/mol. The molecule has 1 rings (SSSR count). The van der Waals surface area contributed by atoms with Crippen LogP contribution in [0, 0.1) is 0 Å². The number of hydrogen-bond acceptors (Lipinski definition) is 6. The average Bonchev–Trinajstić information content (AvgIpc) is 2.51. The fraction of sp³-hybridized carbons (Fsp3) is 0.385. The maximum atomic E-state index is 11.8. The smallest absolute Gasteiger partial charge is 0.312 e. The Hall–Kier alpha value is -2.01. The first-order valence-corrected chi connectivity index (χ1v) is 8.24. The van der Waals surface area contributed by atoms with Gasteiger partial charge in [-0.15, -0.1) is 0 Å². The van der Waals surface area contributed by atoms with Gasteiger partial charge < -0.3 is 20.4 Å². The Balaban J connectivity index is 2.63. The van der Waals surface area contributed by atoms with Crippen molar-refractivity contribution in [3.63, 3.8) is 0 Å². The number of nitrogens with two attached hydrogens (primary N) is 1. The summed E-state index contributed by atoms with van der Waals surface area (Å²) in [5.74, 6) is -1.75. The highest BCUT2D eigenvalue weighted by molar-refractivity contribution is 7.89. The number of carbonyl (C=O) groups is 2. The molecule has 5 N–H and O–H groups in total. The van der Waals surface area contributed by atoms with E-state index in [9.17, 15) is 18.0 Å². The van der Waals surface area contributed by atoms with Gasteiger partial charge in [0.15, 0.2) is 0 Å². The molecule has 0 aliphatic carbocycles. The normalized spacial score (nSPS) is 11.1. The van der Waals surface area contributed by atoms with Crippen molar-refractivity contribution in [3.8, 4) is 0 Å². The summed E-state index contributed by atoms with van der Waals surface area (Å²) in [4.78, 5) is 24.6. The minimum Gasteiger partial charge on any atom is -0.395 e. The van der Waals surface area contributed by atoms with Crippen molar-refractivity contribution in [2.45, 2.75) is 11.4 Å². The molecule has 0 aliphatic rings. The van der Waals surface area contributed by atoms with Gasteiger partial charge in [0.1, 0.15) is 0 Å². The molecular weight excluding hydrogens is 326 g/mol. The van der Waals surface area contributed by atoms with E-state index < -0.39 is 21.8 Å². The fourth-order valence-electron chi connectivity index (χ4n) is 1.75. The SMILES string of the molecule is NS(=O)(=O)c1ccc(CNC(=O)C(=O)N(CCO)CCO)cc1. The summed E-state index contributed by atoms with van der Waals surface area (Å²) in [6, 6.07) is 5.51. The predicted octanol–water partition coefficient (Wildman–Crippen LogP) is -2.24. The van der Waals surface area contributed by atoms with E-state index >= 15 is 0 Å². The van der Waals surface area contributed by atoms with Gasteiger partial charge in [-0.3, -0.25) is 9.59 Å². The van der Waals surface area contributed by atoms with Crippen LogP contribution in [0.4, 0.5) is 0 Å². The third kappa shape index (κ3) is 5.94. The van der Waals surface area contributed by atoms with Gasteiger partial charge >= 0.3 is 11.8 Å². The Labute approximate surface area is 133 Å². The van der Waals surface area contributed by atoms with Crippen LogP contribution in [0.1, 0.15) is 5.56 Å². The van der Waals surface area contributed by atoms with Crippen molar-refractivity contribution in [1.29, 1.82) is 0 Å². The number of hydrogen-bond donors (Lipinski definition) is 4. The quantitative estimate of drug-likeness (QED) is 0.411. The molecule has 0 unspecified atom stereocenters. The molecule has 1 aromatic carbocycles. The number of aliphatic hydroxyl groups is 2. The monoisotopic (exact) mass is 345 g/mol. The first-order chi connectivity index (χ1) is 10.8. The van der Waals surface area contributed by atoms with Crippen LogP contribution >= 0.6 is 0 Å². The van der Waals surface area contributed by atoms with E-state index in [-0.39, 0.29) is 37.7 Å². The number of sulfonamides is 1. The summed E-state index contributed by atoms with van der Waals surface area (Å²) in [5.41, 5.74) is 0.578. The lowest BCUT2D eigenvalue weighted by molar-refractivity contribution is -0.146. The van der Waals surface area contributed by atoms with Crippen molar-refractivity contribution in [1.82, 2.24) is 10.2 Å². The van der Waals surface area contributed by atoms with Gasteiger partial charge in [0, 0.05) is 19.6 Å². The van der Waals surface area contributed by atoms with E-state index in [4.69, 9.17) is 15.4 Å². The highest BCUT2D eigenvalue weighted by Crippen LogP contribution is 2.08. The average molecular weight is 345 g/mol. The van der Waals surface area contributed by atoms with Crippen LogP contribution in [0.25, 0.3) is 0 Å². The second-order valence-corrected chi connectivity index (χ2v) is 6.17. The van der Waals surface area contributed by atoms with Crippen LogP contribution in [0.2, 0.25) is 0 Å². The Morgan fingerprint density at radius 2 is 1.61 bits per heavy atom. The van der Waals surface area contributed by atoms with Gasteiger partial charge in [-0.25, -0.2) is 13.6 Å². The molecule has 0 heterocycles. The van der Waals surface area contributed by atoms with E-state index in [1.807, 2.05) is 0 Å². The lowest BCUT2D eigenvalue weighted by Gasteiger charge is -2.19. The standard InChI is InChI=1S/C13H19N3O6S/c14-23(21,22)11-3-1-10(2-4-11)9-15-12(19)13(20)16(5-7-17)6-8-18/h1-4,17-18H,5-9H2,(H,15,19)(H2,14,21,22). The van der Waals surface area contributed by atoms with Crippen LogP contribution in [0.3, 0.4) is 0 Å². The maximum Gasteiger partial charge on any atom is 0.312 e. The molecule has 0 atom stereocenters. The lowest BCUT2D eigenvalue weighted by Crippen LogP contribution is -2.45. The number of rotatable bonds is 7. The number of benzene rings is 1. The van der Waals surface area contributed by atoms with E-state index in [1.165, 1.54) is 24.3 Å². The molecule has 2 amide bonds. The highest BCUT2D eigenvalue weighted by Gasteiger charge is 2.20. The summed E-state index contributed by atoms with van der Waals surface area (Å²) in [6.45, 7) is -0.755. The molecule has 0 aliphatic heterocycles. The summed E-state index contributed by atoms with van der Waals surface area (Å²) in [5, 5.41) is 25.0. The molecule has 9 nitrogen and oxygen atoms in total. The zero-order valence-electron chi connectivity index (χ0n) is 12.3. The van der Waals surface area contributed by atoms with Gasteiger partial charge in [-0.05, 0) is 17.7 Å². The van der Waals surface area contributed by atoms with Crippen molar-refractivity contribution in [3.05, 3.63) is 29.8 Å². The molecular formula is C13H19N3O6S. The number of primary sulfonamides is 1. The number of amides is 2. The van der Waals surface area contributed by atoms with Crippen molar-refractivity contribution in [2.24, 2.45) is 5.14 Å². The Morgan fingerprint density at radius 3 is 2.04 bits per heavy atom. The van der Waals surface area contributed by atoms with Crippen molar-refractivity contribution >= 4 is 21.8 Å². The van der Waals surface area contributed by atoms with Crippen LogP contribution in [-0.4, -0.2) is 61.6 Å². The van der Waals surface area contributed by atoms with E-state index in [0.29, 0.717) is 5.56 Å². The van der Waals surface area contributed by atoms with Crippen LogP contribution in [0.15, 0.2) is 29.2 Å². The van der Waals surface area contributed by atoms with Crippen molar-refractivity contribution < 1.29 is 28.2 Å². The van der Waals surface area contributed by atoms with E-state index in [1.54, 1.807) is 0 Å². The molecule has 1 aromatic rings. The Bertz CT molecular complexity index is 638. The maximum absolute atomic E-state index is 11.8. The first-order valence-electron chi connectivity index (χ1n) is 6.70. The molecule has 23 heavy (non-hydrogen) atoms. The Morgan fingerprint density at radius 1 is 1.09 bits per heavy atom. The third-order valence-electron chi connectivity index (χ3n) is 2.93. The van der Waals surface area contributed by atoms with Crippen molar-refractivity contribution in [2.75, 3.05) is 26.3 Å². The topological polar surface area (TPSA) is 150 Å². The molecule has 128 valence electrons. The summed E-state index contributed by atoms with van der Waals surface area (Å²) < 4.78 is 22.2. The molecule has 10 heteroatoms. The third-order valence-corrected chi connectivity index (χ3v) is 3.86. The van der Waals surface area contributed by atoms with Gasteiger partial charge in [0.2, 0.25) is 10.0 Å². The second kappa shape index (κ2) is 8.58. The zero-order valence-corrected chi connectivity index (χ0v) is 13.1. The van der Waals surface area contributed by atoms with Crippen LogP contribution in [0.5, 0.6) is 0 Å². The number of aliphatic hydroxyl groups excluding tert-OH is 2. The zero-order chi connectivity index (χ0) is 17.5. The minimum absolute atomic E-state index is 0.0154. The first kappa shape index (κ1) is 19.0. The Kier molecular flexibility index (Phi) is 7.10. The molecule has 0 fully saturated rings. The number of nitrogens with zero attached hydrogens (tertiary/aromatic N) is 1. The molecule has 0 bridgehead atoms. The number of nitrogens with one attached hydrogen (secondary N) is 1. The van der Waals surface area contributed by atoms with E-state index in [0.717, 1.165) is 4.90 Å². The molecule has 0 spiro atoms. The summed E-state index contributed by atoms with van der Waals surface area (Å²) in [6.07, 6.45) is 0. The van der Waals surface area contributed by atoms with Gasteiger partial charge in [0.05, 0.1) is 18.1 Å². The number of carbonyl (C=O) groups excluding carboxylic acids is 2. The van der Waals surface area contributed by atoms with Gasteiger partial charge in [-0.1, -0.05) is 12.1 Å². The summed E-state index contributed by atoms with van der Waals surface area (Å²) >= 11 is 0. The lowest BCUT2D eigenvalue weighted by atomic mass is 10.2. The summed E-state index contributed by atoms with van der Waals surface area (Å²) in [7, 11) is -3.78. The second-order valence-electron chi connectivity index (χ2n) is 4.61.